The average molecular weight is 620 g/mol. The summed E-state index contributed by atoms with van der Waals surface area (Å²) in [7, 11) is 7.65. The summed E-state index contributed by atoms with van der Waals surface area (Å²) in [5, 5.41) is 11.5. The molecule has 2 amide bonds. The Labute approximate surface area is 263 Å². The molecule has 0 saturated heterocycles. The maximum Gasteiger partial charge on any atom is 0.247 e. The number of nitrogens with one attached hydrogen (secondary N) is 1. The first kappa shape index (κ1) is 32.9. The highest BCUT2D eigenvalue weighted by molar-refractivity contribution is 5.90. The maximum atomic E-state index is 14.3. The molecule has 0 fully saturated rings. The third-order valence-corrected chi connectivity index (χ3v) is 7.18. The molecule has 45 heavy (non-hydrogen) atoms. The van der Waals surface area contributed by atoms with Crippen LogP contribution >= 0.6 is 0 Å². The number of fused-ring (bicyclic) bond motifs is 1. The fraction of sp³-hybridized carbons (Fsp3) is 0.394. The lowest BCUT2D eigenvalue weighted by Gasteiger charge is -2.34. The van der Waals surface area contributed by atoms with Gasteiger partial charge in [-0.15, -0.1) is 5.10 Å². The van der Waals surface area contributed by atoms with E-state index in [0.717, 1.165) is 5.56 Å². The number of carbonyl (C=O) groups is 2. The van der Waals surface area contributed by atoms with Crippen molar-refractivity contribution < 1.29 is 33.3 Å². The number of methoxy groups -OCH3 is 5. The van der Waals surface area contributed by atoms with Crippen LogP contribution in [0.2, 0.25) is 0 Å². The van der Waals surface area contributed by atoms with Crippen LogP contribution in [0.1, 0.15) is 37.9 Å². The van der Waals surface area contributed by atoms with Gasteiger partial charge in [0.15, 0.2) is 23.0 Å². The number of para-hydroxylation sites is 1. The van der Waals surface area contributed by atoms with Crippen molar-refractivity contribution in [3.63, 3.8) is 0 Å². The van der Waals surface area contributed by atoms with E-state index in [1.165, 1.54) is 26.0 Å². The Kier molecular flexibility index (Phi) is 10.4. The van der Waals surface area contributed by atoms with E-state index in [2.05, 4.69) is 15.6 Å². The van der Waals surface area contributed by atoms with Crippen LogP contribution in [0.25, 0.3) is 11.0 Å². The normalized spacial score (nSPS) is 11.9. The van der Waals surface area contributed by atoms with E-state index in [4.69, 9.17) is 23.7 Å². The smallest absolute Gasteiger partial charge is 0.247 e. The van der Waals surface area contributed by atoms with Crippen LogP contribution in [-0.4, -0.2) is 79.3 Å². The molecule has 1 aromatic heterocycles. The van der Waals surface area contributed by atoms with Gasteiger partial charge in [0.1, 0.15) is 18.1 Å². The first-order chi connectivity index (χ1) is 21.5. The van der Waals surface area contributed by atoms with E-state index in [9.17, 15) is 9.59 Å². The SMILES string of the molecule is COc1ccc(CCN(C(=O)Cn2nnc3ccccc32)[C@H](C(=O)NC(C)(C)C)c2cc(OC)c(OC)c(OC)c2)cc1OC. The van der Waals surface area contributed by atoms with Crippen molar-refractivity contribution in [1.29, 1.82) is 0 Å². The van der Waals surface area contributed by atoms with Crippen molar-refractivity contribution in [2.45, 2.75) is 45.3 Å². The molecule has 1 N–H and O–H groups in total. The van der Waals surface area contributed by atoms with Crippen molar-refractivity contribution in [1.82, 2.24) is 25.2 Å². The summed E-state index contributed by atoms with van der Waals surface area (Å²) in [5.74, 6) is 1.52. The molecule has 0 unspecified atom stereocenters. The van der Waals surface area contributed by atoms with E-state index in [1.807, 2.05) is 63.2 Å². The monoisotopic (exact) mass is 619 g/mol. The Morgan fingerprint density at radius 1 is 0.844 bits per heavy atom. The van der Waals surface area contributed by atoms with Gasteiger partial charge in [0.2, 0.25) is 17.6 Å². The van der Waals surface area contributed by atoms with Crippen LogP contribution in [0.3, 0.4) is 0 Å². The molecule has 0 aliphatic carbocycles. The lowest BCUT2D eigenvalue weighted by Crippen LogP contribution is -2.50. The first-order valence-corrected chi connectivity index (χ1v) is 14.4. The van der Waals surface area contributed by atoms with Gasteiger partial charge in [-0.1, -0.05) is 23.4 Å². The van der Waals surface area contributed by atoms with E-state index in [0.29, 0.717) is 51.8 Å². The largest absolute Gasteiger partial charge is 0.493 e. The van der Waals surface area contributed by atoms with E-state index in [-0.39, 0.29) is 24.9 Å². The predicted octanol–water partition coefficient (Wildman–Crippen LogP) is 4.20. The van der Waals surface area contributed by atoms with Crippen molar-refractivity contribution in [3.8, 4) is 28.7 Å². The minimum Gasteiger partial charge on any atom is -0.493 e. The Morgan fingerprint density at radius 2 is 1.49 bits per heavy atom. The summed E-state index contributed by atoms with van der Waals surface area (Å²) in [6.07, 6.45) is 0.411. The topological polar surface area (TPSA) is 126 Å². The molecule has 0 radical (unpaired) electrons. The second-order valence-corrected chi connectivity index (χ2v) is 11.4. The molecular formula is C33H41N5O7. The number of nitrogens with zero attached hydrogens (tertiary/aromatic N) is 4. The lowest BCUT2D eigenvalue weighted by molar-refractivity contribution is -0.142. The van der Waals surface area contributed by atoms with Gasteiger partial charge in [0.25, 0.3) is 0 Å². The molecule has 0 spiro atoms. The summed E-state index contributed by atoms with van der Waals surface area (Å²) < 4.78 is 29.2. The Bertz CT molecular complexity index is 1620. The predicted molar refractivity (Wildman–Crippen MR) is 169 cm³/mol. The summed E-state index contributed by atoms with van der Waals surface area (Å²) in [5.41, 5.74) is 2.14. The van der Waals surface area contributed by atoms with Gasteiger partial charge in [-0.3, -0.25) is 9.59 Å². The first-order valence-electron chi connectivity index (χ1n) is 14.4. The van der Waals surface area contributed by atoms with E-state index >= 15 is 0 Å². The highest BCUT2D eigenvalue weighted by Crippen LogP contribution is 2.41. The Hall–Kier alpha value is -5.00. The molecule has 0 aliphatic heterocycles. The van der Waals surface area contributed by atoms with E-state index in [1.54, 1.807) is 31.3 Å². The number of ether oxygens (including phenoxy) is 5. The van der Waals surface area contributed by atoms with Crippen molar-refractivity contribution in [2.24, 2.45) is 0 Å². The number of aromatic nitrogens is 3. The summed E-state index contributed by atoms with van der Waals surface area (Å²) in [6, 6.07) is 15.3. The molecule has 1 atom stereocenters. The van der Waals surface area contributed by atoms with E-state index < -0.39 is 11.6 Å². The van der Waals surface area contributed by atoms with Gasteiger partial charge in [-0.2, -0.15) is 0 Å². The Balaban J connectivity index is 1.83. The Morgan fingerprint density at radius 3 is 2.09 bits per heavy atom. The molecule has 12 nitrogen and oxygen atoms in total. The van der Waals surface area contributed by atoms with Crippen LogP contribution in [0, 0.1) is 0 Å². The van der Waals surface area contributed by atoms with Crippen LogP contribution in [0.15, 0.2) is 54.6 Å². The van der Waals surface area contributed by atoms with Crippen molar-refractivity contribution in [3.05, 3.63) is 65.7 Å². The van der Waals surface area contributed by atoms with Gasteiger partial charge < -0.3 is 33.9 Å². The molecule has 1 heterocycles. The molecule has 3 aromatic carbocycles. The minimum absolute atomic E-state index is 0.143. The molecular weight excluding hydrogens is 578 g/mol. The average Bonchev–Trinajstić information content (AvgIpc) is 3.43. The zero-order chi connectivity index (χ0) is 32.7. The zero-order valence-electron chi connectivity index (χ0n) is 27.0. The van der Waals surface area contributed by atoms with Gasteiger partial charge in [-0.05, 0) is 74.7 Å². The quantitative estimate of drug-likeness (QED) is 0.234. The zero-order valence-corrected chi connectivity index (χ0v) is 27.0. The van der Waals surface area contributed by atoms with Gasteiger partial charge in [0, 0.05) is 12.1 Å². The molecule has 0 saturated carbocycles. The highest BCUT2D eigenvalue weighted by Gasteiger charge is 2.35. The van der Waals surface area contributed by atoms with Gasteiger partial charge in [-0.25, -0.2) is 4.68 Å². The fourth-order valence-corrected chi connectivity index (χ4v) is 5.11. The molecule has 0 aliphatic rings. The molecule has 0 bridgehead atoms. The van der Waals surface area contributed by atoms with Gasteiger partial charge in [0.05, 0.1) is 41.1 Å². The van der Waals surface area contributed by atoms with Crippen LogP contribution < -0.4 is 29.0 Å². The second kappa shape index (κ2) is 14.2. The van der Waals surface area contributed by atoms with Crippen LogP contribution in [-0.2, 0) is 22.6 Å². The van der Waals surface area contributed by atoms with Crippen LogP contribution in [0.5, 0.6) is 28.7 Å². The summed E-state index contributed by atoms with van der Waals surface area (Å²) in [4.78, 5) is 30.1. The number of amides is 2. The summed E-state index contributed by atoms with van der Waals surface area (Å²) >= 11 is 0. The third kappa shape index (κ3) is 7.57. The number of carbonyl (C=O) groups excluding carboxylic acids is 2. The van der Waals surface area contributed by atoms with Crippen LogP contribution in [0.4, 0.5) is 0 Å². The lowest BCUT2D eigenvalue weighted by atomic mass is 9.99. The number of benzene rings is 3. The second-order valence-electron chi connectivity index (χ2n) is 11.4. The number of hydrogen-bond acceptors (Lipinski definition) is 9. The third-order valence-electron chi connectivity index (χ3n) is 7.18. The van der Waals surface area contributed by atoms with Crippen molar-refractivity contribution in [2.75, 3.05) is 42.1 Å². The van der Waals surface area contributed by atoms with Crippen molar-refractivity contribution >= 4 is 22.8 Å². The standard InChI is InChI=1S/C33H41N5O7/c1-33(2,3)34-32(40)30(22-18-27(43-6)31(45-8)28(19-22)44-7)37(16-15-21-13-14-25(41-4)26(17-21)42-5)29(39)20-38-24-12-10-9-11-23(24)35-36-38/h9-14,17-19,30H,15-16,20H2,1-8H3,(H,34,40)/t30-/m0/s1. The fourth-order valence-electron chi connectivity index (χ4n) is 5.11. The minimum atomic E-state index is -1.07. The van der Waals surface area contributed by atoms with Gasteiger partial charge >= 0.3 is 0 Å². The molecule has 4 aromatic rings. The summed E-state index contributed by atoms with van der Waals surface area (Å²) in [6.45, 7) is 5.69. The highest BCUT2D eigenvalue weighted by atomic mass is 16.5. The number of hydrogen-bond donors (Lipinski definition) is 1. The number of rotatable bonds is 13. The molecule has 4 rings (SSSR count). The molecule has 12 heteroatoms. The molecule has 240 valence electrons. The maximum absolute atomic E-state index is 14.3.